The molecule has 0 aromatic carbocycles. The molecular weight excluding hydrogens is 320 g/mol. The van der Waals surface area contributed by atoms with E-state index in [-0.39, 0.29) is 5.41 Å². The molecular formula is C18H22N4OS. The van der Waals surface area contributed by atoms with Crippen molar-refractivity contribution in [2.24, 2.45) is 30.2 Å². The minimum atomic E-state index is -0.0111. The van der Waals surface area contributed by atoms with Crippen LogP contribution >= 0.6 is 11.8 Å². The Hall–Kier alpha value is -1.43. The monoisotopic (exact) mass is 342 g/mol. The number of ketones is 1. The molecule has 6 heteroatoms. The molecule has 6 rings (SSSR count). The molecule has 0 N–H and O–H groups in total. The minimum absolute atomic E-state index is 0.0111. The average molecular weight is 342 g/mol. The van der Waals surface area contributed by atoms with Gasteiger partial charge < -0.3 is 0 Å². The van der Waals surface area contributed by atoms with Gasteiger partial charge in [0.1, 0.15) is 17.1 Å². The highest BCUT2D eigenvalue weighted by atomic mass is 32.2. The highest BCUT2D eigenvalue weighted by Crippen LogP contribution is 2.60. The Bertz CT molecular complexity index is 779. The van der Waals surface area contributed by atoms with Crippen molar-refractivity contribution in [3.8, 4) is 0 Å². The van der Waals surface area contributed by atoms with E-state index in [1.807, 2.05) is 7.05 Å². The number of fused-ring (bicyclic) bond motifs is 1. The summed E-state index contributed by atoms with van der Waals surface area (Å²) in [6.45, 7) is 0. The van der Waals surface area contributed by atoms with Crippen LogP contribution in [0.3, 0.4) is 0 Å². The summed E-state index contributed by atoms with van der Waals surface area (Å²) >= 11 is 1.57. The van der Waals surface area contributed by atoms with Crippen molar-refractivity contribution in [2.45, 2.75) is 43.6 Å². The summed E-state index contributed by atoms with van der Waals surface area (Å²) < 4.78 is 1.75. The maximum Gasteiger partial charge on any atom is 0.162 e. The lowest BCUT2D eigenvalue weighted by Gasteiger charge is -2.56. The summed E-state index contributed by atoms with van der Waals surface area (Å²) in [5, 5.41) is 6.08. The molecule has 4 aliphatic rings. The van der Waals surface area contributed by atoms with E-state index in [9.17, 15) is 4.79 Å². The summed E-state index contributed by atoms with van der Waals surface area (Å²) in [4.78, 5) is 21.8. The Balaban J connectivity index is 1.35. The molecule has 4 saturated carbocycles. The zero-order valence-corrected chi connectivity index (χ0v) is 14.8. The second-order valence-electron chi connectivity index (χ2n) is 8.09. The van der Waals surface area contributed by atoms with Gasteiger partial charge in [-0.05, 0) is 56.3 Å². The third kappa shape index (κ3) is 2.22. The second-order valence-corrected chi connectivity index (χ2v) is 9.06. The van der Waals surface area contributed by atoms with Crippen molar-refractivity contribution >= 4 is 28.6 Å². The average Bonchev–Trinajstić information content (AvgIpc) is 2.93. The molecule has 2 aromatic rings. The number of carbonyl (C=O) groups is 1. The minimum Gasteiger partial charge on any atom is -0.298 e. The maximum absolute atomic E-state index is 13.1. The lowest BCUT2D eigenvalue weighted by Crippen LogP contribution is -2.50. The van der Waals surface area contributed by atoms with Gasteiger partial charge in [0.2, 0.25) is 0 Å². The van der Waals surface area contributed by atoms with Crippen LogP contribution < -0.4 is 0 Å². The first kappa shape index (κ1) is 14.9. The van der Waals surface area contributed by atoms with Gasteiger partial charge in [-0.1, -0.05) is 11.8 Å². The summed E-state index contributed by atoms with van der Waals surface area (Å²) in [5.74, 6) is 3.44. The zero-order chi connectivity index (χ0) is 16.3. The number of nitrogens with zero attached hydrogens (tertiary/aromatic N) is 4. The number of hydrogen-bond acceptors (Lipinski definition) is 5. The Labute approximate surface area is 145 Å². The molecule has 4 aliphatic carbocycles. The first-order valence-electron chi connectivity index (χ1n) is 8.92. The van der Waals surface area contributed by atoms with Crippen LogP contribution in [0.25, 0.3) is 11.0 Å². The predicted molar refractivity (Wildman–Crippen MR) is 92.6 cm³/mol. The SMILES string of the molecule is Cn1ncc2c(SCC(=O)C34CC5CC(CC(C5)C3)C4)ncnc21. The van der Waals surface area contributed by atoms with Crippen LogP contribution in [0.2, 0.25) is 0 Å². The van der Waals surface area contributed by atoms with Gasteiger partial charge >= 0.3 is 0 Å². The van der Waals surface area contributed by atoms with E-state index in [1.165, 1.54) is 19.3 Å². The van der Waals surface area contributed by atoms with Gasteiger partial charge in [-0.15, -0.1) is 0 Å². The fourth-order valence-electron chi connectivity index (χ4n) is 5.79. The lowest BCUT2D eigenvalue weighted by atomic mass is 9.48. The predicted octanol–water partition coefficient (Wildman–Crippen LogP) is 3.24. The number of Topliss-reactive ketones (excluding diaryl/α,β-unsaturated/α-hetero) is 1. The molecule has 0 unspecified atom stereocenters. The van der Waals surface area contributed by atoms with E-state index < -0.39 is 0 Å². The number of carbonyl (C=O) groups excluding carboxylic acids is 1. The van der Waals surface area contributed by atoms with Crippen LogP contribution in [0.5, 0.6) is 0 Å². The number of thioether (sulfide) groups is 1. The van der Waals surface area contributed by atoms with Crippen LogP contribution in [0.15, 0.2) is 17.6 Å². The van der Waals surface area contributed by atoms with E-state index in [2.05, 4.69) is 15.1 Å². The van der Waals surface area contributed by atoms with Crippen LogP contribution in [-0.2, 0) is 11.8 Å². The van der Waals surface area contributed by atoms with Crippen LogP contribution in [0, 0.1) is 23.2 Å². The van der Waals surface area contributed by atoms with Crippen molar-refractivity contribution in [1.82, 2.24) is 19.7 Å². The Kier molecular flexibility index (Phi) is 3.27. The van der Waals surface area contributed by atoms with Gasteiger partial charge in [0.15, 0.2) is 5.65 Å². The molecule has 4 fully saturated rings. The Morgan fingerprint density at radius 1 is 1.21 bits per heavy atom. The fourth-order valence-corrected chi connectivity index (χ4v) is 6.79. The Morgan fingerprint density at radius 3 is 2.54 bits per heavy atom. The van der Waals surface area contributed by atoms with Crippen molar-refractivity contribution in [2.75, 3.05) is 5.75 Å². The topological polar surface area (TPSA) is 60.7 Å². The van der Waals surface area contributed by atoms with Crippen molar-refractivity contribution < 1.29 is 4.79 Å². The normalized spacial score (nSPS) is 34.1. The molecule has 0 atom stereocenters. The molecule has 24 heavy (non-hydrogen) atoms. The lowest BCUT2D eigenvalue weighted by molar-refractivity contribution is -0.141. The van der Waals surface area contributed by atoms with Crippen LogP contribution in [0.4, 0.5) is 0 Å². The molecule has 4 bridgehead atoms. The summed E-state index contributed by atoms with van der Waals surface area (Å²) in [6, 6.07) is 0. The fraction of sp³-hybridized carbons (Fsp3) is 0.667. The highest BCUT2D eigenvalue weighted by molar-refractivity contribution is 8.00. The maximum atomic E-state index is 13.1. The highest BCUT2D eigenvalue weighted by Gasteiger charge is 2.54. The second kappa shape index (κ2) is 5.28. The molecule has 0 amide bonds. The summed E-state index contributed by atoms with van der Waals surface area (Å²) in [5.41, 5.74) is 0.817. The van der Waals surface area contributed by atoms with Gasteiger partial charge in [0.25, 0.3) is 0 Å². The standard InChI is InChI=1S/C18H22N4OS/c1-22-16-14(8-21-22)17(20-10-19-16)24-9-15(23)18-5-11-2-12(6-18)4-13(3-11)7-18/h8,10-13H,2-7,9H2,1H3. The quantitative estimate of drug-likeness (QED) is 0.630. The number of hydrogen-bond donors (Lipinski definition) is 0. The van der Waals surface area contributed by atoms with E-state index >= 15 is 0 Å². The summed E-state index contributed by atoms with van der Waals surface area (Å²) in [7, 11) is 1.88. The third-order valence-electron chi connectivity index (χ3n) is 6.46. The number of rotatable bonds is 4. The van der Waals surface area contributed by atoms with Gasteiger partial charge in [-0.2, -0.15) is 5.10 Å². The Morgan fingerprint density at radius 2 is 1.88 bits per heavy atom. The number of aryl methyl sites for hydroxylation is 1. The molecule has 5 nitrogen and oxygen atoms in total. The van der Waals surface area contributed by atoms with E-state index in [4.69, 9.17) is 0 Å². The van der Waals surface area contributed by atoms with Crippen LogP contribution in [0.1, 0.15) is 38.5 Å². The first-order chi connectivity index (χ1) is 11.6. The largest absolute Gasteiger partial charge is 0.298 e. The van der Waals surface area contributed by atoms with Gasteiger partial charge in [-0.3, -0.25) is 9.48 Å². The van der Waals surface area contributed by atoms with Crippen molar-refractivity contribution in [3.63, 3.8) is 0 Å². The van der Waals surface area contributed by atoms with Crippen LogP contribution in [-0.4, -0.2) is 31.3 Å². The summed E-state index contributed by atoms with van der Waals surface area (Å²) in [6.07, 6.45) is 10.9. The third-order valence-corrected chi connectivity index (χ3v) is 7.47. The molecule has 0 saturated heterocycles. The first-order valence-corrected chi connectivity index (χ1v) is 9.90. The van der Waals surface area contributed by atoms with Crippen molar-refractivity contribution in [1.29, 1.82) is 0 Å². The van der Waals surface area contributed by atoms with E-state index in [0.717, 1.165) is 53.1 Å². The molecule has 2 heterocycles. The van der Waals surface area contributed by atoms with Gasteiger partial charge in [0.05, 0.1) is 17.3 Å². The molecule has 0 spiro atoms. The van der Waals surface area contributed by atoms with Crippen molar-refractivity contribution in [3.05, 3.63) is 12.5 Å². The molecule has 0 radical (unpaired) electrons. The molecule has 126 valence electrons. The van der Waals surface area contributed by atoms with E-state index in [1.54, 1.807) is 29.0 Å². The molecule has 2 aromatic heterocycles. The smallest absolute Gasteiger partial charge is 0.162 e. The zero-order valence-electron chi connectivity index (χ0n) is 13.9. The van der Waals surface area contributed by atoms with Gasteiger partial charge in [-0.25, -0.2) is 9.97 Å². The van der Waals surface area contributed by atoms with E-state index in [0.29, 0.717) is 11.5 Å². The number of aromatic nitrogens is 4. The molecule has 0 aliphatic heterocycles. The van der Waals surface area contributed by atoms with Gasteiger partial charge in [0, 0.05) is 12.5 Å².